The van der Waals surface area contributed by atoms with E-state index in [0.29, 0.717) is 18.5 Å². The number of nitro benzene ring substituents is 1. The van der Waals surface area contributed by atoms with Gasteiger partial charge < -0.3 is 10.2 Å². The van der Waals surface area contributed by atoms with Crippen LogP contribution in [0.1, 0.15) is 43.9 Å². The summed E-state index contributed by atoms with van der Waals surface area (Å²) in [4.78, 5) is 39.0. The first-order chi connectivity index (χ1) is 17.3. The van der Waals surface area contributed by atoms with Crippen LogP contribution in [0.4, 0.5) is 11.4 Å². The molecule has 0 saturated heterocycles. The number of nitrogens with zero attached hydrogens (tertiary/aromatic N) is 3. The lowest BCUT2D eigenvalue weighted by molar-refractivity contribution is -0.384. The molecule has 202 valence electrons. The Kier molecular flexibility index (Phi) is 10.2. The third-order valence-electron chi connectivity index (χ3n) is 6.02. The van der Waals surface area contributed by atoms with E-state index in [2.05, 4.69) is 5.32 Å². The summed E-state index contributed by atoms with van der Waals surface area (Å²) < 4.78 is 26.4. The molecule has 0 aromatic heterocycles. The van der Waals surface area contributed by atoms with Gasteiger partial charge in [-0.25, -0.2) is 8.42 Å². The van der Waals surface area contributed by atoms with Crippen molar-refractivity contribution in [1.82, 2.24) is 10.2 Å². The van der Waals surface area contributed by atoms with Crippen LogP contribution in [0, 0.1) is 29.9 Å². The van der Waals surface area contributed by atoms with E-state index in [-0.39, 0.29) is 29.7 Å². The molecule has 0 spiro atoms. The second-order valence-corrected chi connectivity index (χ2v) is 11.4. The van der Waals surface area contributed by atoms with Gasteiger partial charge in [-0.05, 0) is 42.9 Å². The molecule has 0 saturated carbocycles. The lowest BCUT2D eigenvalue weighted by Crippen LogP contribution is -2.52. The van der Waals surface area contributed by atoms with Crippen LogP contribution < -0.4 is 9.62 Å². The molecule has 0 bridgehead atoms. The van der Waals surface area contributed by atoms with Gasteiger partial charge in [0.2, 0.25) is 21.8 Å². The Balaban J connectivity index is 2.52. The van der Waals surface area contributed by atoms with E-state index in [4.69, 9.17) is 0 Å². The van der Waals surface area contributed by atoms with Crippen molar-refractivity contribution in [1.29, 1.82) is 0 Å². The van der Waals surface area contributed by atoms with Gasteiger partial charge in [0.15, 0.2) is 0 Å². The number of anilines is 1. The van der Waals surface area contributed by atoms with E-state index < -0.39 is 33.4 Å². The molecule has 0 aliphatic rings. The summed E-state index contributed by atoms with van der Waals surface area (Å²) in [7, 11) is -4.00. The highest BCUT2D eigenvalue weighted by Gasteiger charge is 2.32. The lowest BCUT2D eigenvalue weighted by Gasteiger charge is -2.33. The monoisotopic (exact) mass is 532 g/mol. The minimum atomic E-state index is -4.00. The highest BCUT2D eigenvalue weighted by atomic mass is 32.2. The molecule has 0 fully saturated rings. The first kappa shape index (κ1) is 29.8. The molecule has 0 aliphatic carbocycles. The van der Waals surface area contributed by atoms with Gasteiger partial charge in [0.25, 0.3) is 5.69 Å². The van der Waals surface area contributed by atoms with Crippen LogP contribution in [0.3, 0.4) is 0 Å². The van der Waals surface area contributed by atoms with Gasteiger partial charge >= 0.3 is 0 Å². The average Bonchev–Trinajstić information content (AvgIpc) is 2.81. The maximum atomic E-state index is 13.8. The molecule has 2 aromatic carbocycles. The first-order valence-electron chi connectivity index (χ1n) is 12.1. The van der Waals surface area contributed by atoms with Gasteiger partial charge in [-0.2, -0.15) is 0 Å². The molecular weight excluding hydrogens is 496 g/mol. The number of non-ortho nitro benzene ring substituents is 1. The van der Waals surface area contributed by atoms with E-state index in [0.717, 1.165) is 27.8 Å². The van der Waals surface area contributed by atoms with Crippen molar-refractivity contribution in [3.63, 3.8) is 0 Å². The van der Waals surface area contributed by atoms with E-state index in [9.17, 15) is 28.1 Å². The van der Waals surface area contributed by atoms with E-state index in [1.165, 1.54) is 17.0 Å². The van der Waals surface area contributed by atoms with Crippen LogP contribution in [0.25, 0.3) is 0 Å². The van der Waals surface area contributed by atoms with Crippen LogP contribution in [-0.2, 0) is 26.2 Å². The summed E-state index contributed by atoms with van der Waals surface area (Å²) in [5, 5.41) is 14.2. The predicted octanol–water partition coefficient (Wildman–Crippen LogP) is 3.56. The van der Waals surface area contributed by atoms with Gasteiger partial charge in [0.1, 0.15) is 12.6 Å². The van der Waals surface area contributed by atoms with Crippen LogP contribution in [-0.4, -0.2) is 55.4 Å². The summed E-state index contributed by atoms with van der Waals surface area (Å²) in [6.45, 7) is 9.14. The number of benzene rings is 2. The van der Waals surface area contributed by atoms with Crippen molar-refractivity contribution in [2.24, 2.45) is 5.92 Å². The smallest absolute Gasteiger partial charge is 0.271 e. The Morgan fingerprint density at radius 2 is 1.73 bits per heavy atom. The Bertz CT molecular complexity index is 1250. The molecule has 37 heavy (non-hydrogen) atoms. The topological polar surface area (TPSA) is 130 Å². The summed E-state index contributed by atoms with van der Waals surface area (Å²) in [5.41, 5.74) is 1.95. The van der Waals surface area contributed by atoms with E-state index in [1.54, 1.807) is 13.8 Å². The van der Waals surface area contributed by atoms with Crippen molar-refractivity contribution in [2.75, 3.05) is 23.7 Å². The van der Waals surface area contributed by atoms with E-state index >= 15 is 0 Å². The molecule has 0 aliphatic heterocycles. The lowest BCUT2D eigenvalue weighted by atomic mass is 10.1. The highest BCUT2D eigenvalue weighted by Crippen LogP contribution is 2.28. The number of hydrogen-bond acceptors (Lipinski definition) is 6. The predicted molar refractivity (Wildman–Crippen MR) is 144 cm³/mol. The van der Waals surface area contributed by atoms with Crippen LogP contribution >= 0.6 is 0 Å². The second kappa shape index (κ2) is 12.7. The summed E-state index contributed by atoms with van der Waals surface area (Å²) >= 11 is 0. The fourth-order valence-corrected chi connectivity index (χ4v) is 4.79. The average molecular weight is 533 g/mol. The summed E-state index contributed by atoms with van der Waals surface area (Å²) in [6.07, 6.45) is 1.26. The number of nitrogens with one attached hydrogen (secondary N) is 1. The van der Waals surface area contributed by atoms with Crippen molar-refractivity contribution in [3.05, 3.63) is 69.3 Å². The Hall–Kier alpha value is -3.47. The number of hydrogen-bond donors (Lipinski definition) is 1. The Morgan fingerprint density at radius 1 is 1.08 bits per heavy atom. The first-order valence-corrected chi connectivity index (χ1v) is 14.0. The standard InChI is InChI=1S/C26H36N4O6S/c1-7-23(26(32)27-15-18(2)3)28(16-21-11-9-8-10-19(21)4)25(31)17-29(37(6,35)36)24-14-22(30(33)34)13-12-20(24)5/h8-14,18,23H,7,15-17H2,1-6H3,(H,27,32)/t23-/m1/s1. The van der Waals surface area contributed by atoms with E-state index in [1.807, 2.05) is 45.0 Å². The number of carbonyl (C=O) groups is 2. The summed E-state index contributed by atoms with van der Waals surface area (Å²) in [6, 6.07) is 10.5. The Labute approximate surface area is 218 Å². The number of amides is 2. The molecule has 0 radical (unpaired) electrons. The van der Waals surface area contributed by atoms with Crippen molar-refractivity contribution in [2.45, 2.75) is 53.6 Å². The zero-order valence-electron chi connectivity index (χ0n) is 22.2. The third-order valence-corrected chi connectivity index (χ3v) is 7.15. The fourth-order valence-electron chi connectivity index (χ4n) is 3.89. The number of carbonyl (C=O) groups excluding carboxylic acids is 2. The molecule has 1 atom stereocenters. The minimum Gasteiger partial charge on any atom is -0.354 e. The minimum absolute atomic E-state index is 0.0400. The van der Waals surface area contributed by atoms with Crippen molar-refractivity contribution >= 4 is 33.2 Å². The maximum Gasteiger partial charge on any atom is 0.271 e. The van der Waals surface area contributed by atoms with Gasteiger partial charge in [-0.15, -0.1) is 0 Å². The van der Waals surface area contributed by atoms with Gasteiger partial charge in [-0.1, -0.05) is 51.1 Å². The molecule has 0 unspecified atom stereocenters. The molecule has 10 nitrogen and oxygen atoms in total. The number of rotatable bonds is 12. The molecule has 1 N–H and O–H groups in total. The highest BCUT2D eigenvalue weighted by molar-refractivity contribution is 7.92. The zero-order valence-corrected chi connectivity index (χ0v) is 23.0. The van der Waals surface area contributed by atoms with Crippen molar-refractivity contribution in [3.8, 4) is 0 Å². The van der Waals surface area contributed by atoms with Gasteiger partial charge in [-0.3, -0.25) is 24.0 Å². The van der Waals surface area contributed by atoms with Crippen LogP contribution in [0.15, 0.2) is 42.5 Å². The second-order valence-electron chi connectivity index (χ2n) is 9.51. The zero-order chi connectivity index (χ0) is 27.9. The third kappa shape index (κ3) is 8.01. The molecule has 2 rings (SSSR count). The van der Waals surface area contributed by atoms with Crippen LogP contribution in [0.2, 0.25) is 0 Å². The molecule has 0 heterocycles. The molecule has 2 aromatic rings. The van der Waals surface area contributed by atoms with Crippen LogP contribution in [0.5, 0.6) is 0 Å². The molecule has 11 heteroatoms. The maximum absolute atomic E-state index is 13.8. The number of nitro groups is 1. The number of aryl methyl sites for hydroxylation is 2. The van der Waals surface area contributed by atoms with Crippen molar-refractivity contribution < 1.29 is 22.9 Å². The van der Waals surface area contributed by atoms with Gasteiger partial charge in [0, 0.05) is 25.2 Å². The Morgan fingerprint density at radius 3 is 2.27 bits per heavy atom. The largest absolute Gasteiger partial charge is 0.354 e. The molecular formula is C26H36N4O6S. The fraction of sp³-hybridized carbons (Fsp3) is 0.462. The quantitative estimate of drug-likeness (QED) is 0.329. The summed E-state index contributed by atoms with van der Waals surface area (Å²) in [5.74, 6) is -0.707. The van der Waals surface area contributed by atoms with Gasteiger partial charge in [0.05, 0.1) is 16.9 Å². The molecule has 2 amide bonds. The normalized spacial score (nSPS) is 12.2. The SMILES string of the molecule is CC[C@H](C(=O)NCC(C)C)N(Cc1ccccc1C)C(=O)CN(c1cc([N+](=O)[O-])ccc1C)S(C)(=O)=O. The number of sulfonamides is 1.